The fourth-order valence-corrected chi connectivity index (χ4v) is 0.856. The number of aromatic carboxylic acids is 2. The lowest BCUT2D eigenvalue weighted by atomic mass is 10.1. The smallest absolute Gasteiger partial charge is 0.478 e. The molecule has 0 aliphatic heterocycles. The molecule has 11 nitrogen and oxygen atoms in total. The lowest BCUT2D eigenvalue weighted by Gasteiger charge is -1.98. The van der Waals surface area contributed by atoms with Gasteiger partial charge in [-0.05, 0) is 12.1 Å². The maximum absolute atomic E-state index is 10.5. The fourth-order valence-electron chi connectivity index (χ4n) is 0.856. The first-order valence-electron chi connectivity index (χ1n) is 4.74. The zero-order chi connectivity index (χ0) is 17.2. The summed E-state index contributed by atoms with van der Waals surface area (Å²) in [6, 6.07) is 5.48. The molecule has 13 heteroatoms. The van der Waals surface area contributed by atoms with Gasteiger partial charge < -0.3 is 40.0 Å². The molecule has 0 spiro atoms. The lowest BCUT2D eigenvalue weighted by molar-refractivity contribution is 0.0651. The van der Waals surface area contributed by atoms with Crippen molar-refractivity contribution in [3.63, 3.8) is 0 Å². The van der Waals surface area contributed by atoms with Crippen LogP contribution < -0.4 is 0 Å². The highest BCUT2D eigenvalue weighted by atomic mass is 31.2. The third-order valence-corrected chi connectivity index (χ3v) is 1.39. The summed E-state index contributed by atoms with van der Waals surface area (Å²) in [6.07, 6.45) is 0. The van der Waals surface area contributed by atoms with E-state index in [1.165, 1.54) is 24.3 Å². The number of hydrogen-bond donors (Lipinski definition) is 8. The highest BCUT2D eigenvalue weighted by Gasteiger charge is 2.13. The van der Waals surface area contributed by atoms with Gasteiger partial charge >= 0.3 is 27.1 Å². The average Bonchev–Trinajstić information content (AvgIpc) is 2.25. The number of benzene rings is 1. The van der Waals surface area contributed by atoms with E-state index in [2.05, 4.69) is 0 Å². The van der Waals surface area contributed by atoms with Crippen LogP contribution in [0.15, 0.2) is 24.3 Å². The van der Waals surface area contributed by atoms with Gasteiger partial charge in [-0.3, -0.25) is 0 Å². The number of hydrogen-bond acceptors (Lipinski definition) is 6. The Morgan fingerprint density at radius 1 is 0.857 bits per heavy atom. The number of carboxylic acid groups (broad SMARTS) is 2. The number of rotatable bonds is 2. The molecule has 0 fully saturated rings. The Labute approximate surface area is 117 Å². The predicted octanol–water partition coefficient (Wildman–Crippen LogP) is -1.90. The Morgan fingerprint density at radius 2 is 1.05 bits per heavy atom. The Bertz CT molecular complexity index is 467. The van der Waals surface area contributed by atoms with Crippen molar-refractivity contribution in [1.29, 1.82) is 0 Å². The maximum Gasteiger partial charge on any atom is 0.631 e. The van der Waals surface area contributed by atoms with E-state index in [0.29, 0.717) is 0 Å². The largest absolute Gasteiger partial charge is 0.631 e. The second kappa shape index (κ2) is 10.0. The van der Waals surface area contributed by atoms with Gasteiger partial charge in [-0.2, -0.15) is 0 Å². The molecule has 0 aromatic heterocycles. The molecule has 0 bridgehead atoms. The van der Waals surface area contributed by atoms with Gasteiger partial charge in [0, 0.05) is 0 Å². The van der Waals surface area contributed by atoms with Crippen molar-refractivity contribution in [1.82, 2.24) is 0 Å². The van der Waals surface area contributed by atoms with Gasteiger partial charge in [0.2, 0.25) is 0 Å². The van der Waals surface area contributed by atoms with Gasteiger partial charge in [0.1, 0.15) is 0 Å². The first kappa shape index (κ1) is 21.5. The van der Waals surface area contributed by atoms with Crippen molar-refractivity contribution in [2.75, 3.05) is 0 Å². The number of carbonyl (C=O) groups is 2. The van der Waals surface area contributed by atoms with Crippen molar-refractivity contribution >= 4 is 27.1 Å². The molecule has 0 aliphatic carbocycles. The molecule has 0 atom stereocenters. The minimum absolute atomic E-state index is 0.190. The molecule has 0 saturated carbocycles. The zero-order valence-corrected chi connectivity index (χ0v) is 11.0. The molecule has 21 heavy (non-hydrogen) atoms. The molecule has 0 heterocycles. The van der Waals surface area contributed by atoms with Crippen molar-refractivity contribution < 1.29 is 54.1 Å². The van der Waals surface area contributed by atoms with Gasteiger partial charge in [0.05, 0.1) is 11.1 Å². The Balaban J connectivity index is 0. The van der Waals surface area contributed by atoms with Crippen molar-refractivity contribution in [3.05, 3.63) is 35.4 Å². The SMILES string of the molecule is O=C(O)c1ccccc1C(=O)O.O=P(O)(O)O.OB(O)O. The molecule has 0 unspecified atom stereocenters. The van der Waals surface area contributed by atoms with E-state index in [-0.39, 0.29) is 11.1 Å². The molecule has 0 saturated heterocycles. The van der Waals surface area contributed by atoms with Crippen molar-refractivity contribution in [2.24, 2.45) is 0 Å². The third kappa shape index (κ3) is 16.2. The first-order chi connectivity index (χ1) is 9.36. The standard InChI is InChI=1S/C8H6O4.BH3O3.H3O4P/c9-7(10)5-3-1-2-4-6(5)8(11)12;2-1(3)4;1-5(2,3)4/h1-4H,(H,9,10)(H,11,12);2-4H;(H3,1,2,3,4). The maximum atomic E-state index is 10.5. The van der Waals surface area contributed by atoms with Crippen LogP contribution in [0.25, 0.3) is 0 Å². The third-order valence-electron chi connectivity index (χ3n) is 1.39. The van der Waals surface area contributed by atoms with Crippen LogP contribution in [0.2, 0.25) is 0 Å². The van der Waals surface area contributed by atoms with Gasteiger partial charge in [-0.25, -0.2) is 14.2 Å². The van der Waals surface area contributed by atoms with E-state index in [4.69, 9.17) is 44.5 Å². The summed E-state index contributed by atoms with van der Waals surface area (Å²) < 4.78 is 8.88. The molecule has 0 radical (unpaired) electrons. The quantitative estimate of drug-likeness (QED) is 0.222. The van der Waals surface area contributed by atoms with Crippen LogP contribution in [0.1, 0.15) is 20.7 Å². The van der Waals surface area contributed by atoms with E-state index in [9.17, 15) is 9.59 Å². The minimum atomic E-state index is -4.64. The highest BCUT2D eigenvalue weighted by Crippen LogP contribution is 2.25. The molecular weight excluding hydrogens is 314 g/mol. The first-order valence-corrected chi connectivity index (χ1v) is 6.31. The van der Waals surface area contributed by atoms with E-state index >= 15 is 0 Å². The van der Waals surface area contributed by atoms with E-state index in [1.54, 1.807) is 0 Å². The second-order valence-corrected chi connectivity index (χ2v) is 4.04. The minimum Gasteiger partial charge on any atom is -0.478 e. The van der Waals surface area contributed by atoms with Gasteiger partial charge in [-0.1, -0.05) is 12.1 Å². The van der Waals surface area contributed by atoms with Crippen molar-refractivity contribution in [2.45, 2.75) is 0 Å². The molecule has 0 aliphatic rings. The van der Waals surface area contributed by atoms with Crippen LogP contribution in [0.5, 0.6) is 0 Å². The molecule has 1 aromatic rings. The van der Waals surface area contributed by atoms with Crippen LogP contribution in [-0.4, -0.2) is 59.2 Å². The molecular formula is C8H12BO11P. The molecule has 8 N–H and O–H groups in total. The Kier molecular flexibility index (Phi) is 10.3. The number of carboxylic acids is 2. The highest BCUT2D eigenvalue weighted by molar-refractivity contribution is 7.45. The second-order valence-electron chi connectivity index (χ2n) is 3.02. The van der Waals surface area contributed by atoms with E-state index < -0.39 is 27.1 Å². The van der Waals surface area contributed by atoms with E-state index in [1.807, 2.05) is 0 Å². The lowest BCUT2D eigenvalue weighted by Crippen LogP contribution is -2.07. The number of phosphoric acid groups is 1. The van der Waals surface area contributed by atoms with Crippen LogP contribution in [0, 0.1) is 0 Å². The summed E-state index contributed by atoms with van der Waals surface area (Å²) in [5.41, 5.74) is -0.380. The Morgan fingerprint density at radius 3 is 1.19 bits per heavy atom. The normalized spacial score (nSPS) is 9.43. The summed E-state index contributed by atoms with van der Waals surface area (Å²) in [6.45, 7) is 0. The van der Waals surface area contributed by atoms with Gasteiger partial charge in [-0.15, -0.1) is 0 Å². The summed E-state index contributed by atoms with van der Waals surface area (Å²) in [7, 11) is -6.81. The van der Waals surface area contributed by atoms with Crippen LogP contribution in [-0.2, 0) is 4.57 Å². The van der Waals surface area contributed by atoms with Gasteiger partial charge in [0.15, 0.2) is 0 Å². The van der Waals surface area contributed by atoms with Crippen LogP contribution >= 0.6 is 7.82 Å². The monoisotopic (exact) mass is 326 g/mol. The average molecular weight is 326 g/mol. The molecule has 1 aromatic carbocycles. The van der Waals surface area contributed by atoms with Crippen LogP contribution in [0.3, 0.4) is 0 Å². The summed E-state index contributed by atoms with van der Waals surface area (Å²) in [5, 5.41) is 38.6. The van der Waals surface area contributed by atoms with Crippen molar-refractivity contribution in [3.8, 4) is 0 Å². The topological polar surface area (TPSA) is 213 Å². The van der Waals surface area contributed by atoms with E-state index in [0.717, 1.165) is 0 Å². The fraction of sp³-hybridized carbons (Fsp3) is 0. The van der Waals surface area contributed by atoms with Gasteiger partial charge in [0.25, 0.3) is 0 Å². The predicted molar refractivity (Wildman–Crippen MR) is 67.0 cm³/mol. The summed E-state index contributed by atoms with van der Waals surface area (Å²) in [4.78, 5) is 42.5. The van der Waals surface area contributed by atoms with Crippen LogP contribution in [0.4, 0.5) is 0 Å². The zero-order valence-electron chi connectivity index (χ0n) is 10.1. The summed E-state index contributed by atoms with van der Waals surface area (Å²) >= 11 is 0. The molecule has 1 rings (SSSR count). The Hall–Kier alpha value is -1.79. The molecule has 118 valence electrons. The molecule has 0 amide bonds. The summed E-state index contributed by atoms with van der Waals surface area (Å²) in [5.74, 6) is -2.46.